The highest BCUT2D eigenvalue weighted by atomic mass is 35.5. The molecule has 0 unspecified atom stereocenters. The maximum Gasteiger partial charge on any atom is 0.306 e. The highest BCUT2D eigenvalue weighted by Crippen LogP contribution is 2.43. The number of rotatable bonds is 8. The lowest BCUT2D eigenvalue weighted by molar-refractivity contribution is 0.0966. The van der Waals surface area contributed by atoms with Crippen molar-refractivity contribution < 1.29 is 22.1 Å². The molecule has 0 bridgehead atoms. The molecule has 0 saturated heterocycles. The van der Waals surface area contributed by atoms with Gasteiger partial charge in [0.05, 0.1) is 18.9 Å². The number of hydrogen-bond acceptors (Lipinski definition) is 6. The SMILES string of the molecule is COc1cc(-c2cc3cc(CNCc4ccccc4)ccc3[nH]2)c2c(c1OS(C)(=O)=O)CNC2=O.Cl. The maximum absolute atomic E-state index is 12.7. The van der Waals surface area contributed by atoms with Crippen molar-refractivity contribution in [1.82, 2.24) is 15.6 Å². The van der Waals surface area contributed by atoms with Gasteiger partial charge in [0.15, 0.2) is 11.5 Å². The first-order chi connectivity index (χ1) is 16.8. The average Bonchev–Trinajstić information content (AvgIpc) is 3.43. The summed E-state index contributed by atoms with van der Waals surface area (Å²) < 4.78 is 34.3. The van der Waals surface area contributed by atoms with Crippen LogP contribution in [-0.2, 0) is 29.8 Å². The van der Waals surface area contributed by atoms with E-state index in [0.717, 1.165) is 35.0 Å². The third-order valence-electron chi connectivity index (χ3n) is 5.93. The van der Waals surface area contributed by atoms with Crippen LogP contribution in [0.2, 0.25) is 0 Å². The van der Waals surface area contributed by atoms with Gasteiger partial charge in [-0.15, -0.1) is 12.4 Å². The first-order valence-corrected chi connectivity index (χ1v) is 12.9. The molecule has 3 aromatic carbocycles. The number of amides is 1. The Morgan fingerprint density at radius 1 is 1.00 bits per heavy atom. The van der Waals surface area contributed by atoms with E-state index in [-0.39, 0.29) is 36.4 Å². The van der Waals surface area contributed by atoms with Crippen molar-refractivity contribution >= 4 is 39.3 Å². The van der Waals surface area contributed by atoms with Gasteiger partial charge < -0.3 is 24.5 Å². The Morgan fingerprint density at radius 3 is 2.47 bits per heavy atom. The van der Waals surface area contributed by atoms with Crippen LogP contribution in [0.5, 0.6) is 11.5 Å². The lowest BCUT2D eigenvalue weighted by Gasteiger charge is -2.15. The zero-order chi connectivity index (χ0) is 24.6. The quantitative estimate of drug-likeness (QED) is 0.297. The Morgan fingerprint density at radius 2 is 1.75 bits per heavy atom. The van der Waals surface area contributed by atoms with Crippen molar-refractivity contribution in [3.05, 3.63) is 82.9 Å². The number of H-pyrrole nitrogens is 1. The monoisotopic (exact) mass is 527 g/mol. The molecule has 1 aliphatic rings. The van der Waals surface area contributed by atoms with E-state index in [4.69, 9.17) is 8.92 Å². The molecule has 5 rings (SSSR count). The van der Waals surface area contributed by atoms with Crippen LogP contribution in [-0.4, -0.2) is 32.7 Å². The molecular formula is C26H26ClN3O5S. The van der Waals surface area contributed by atoms with Crippen LogP contribution in [0.4, 0.5) is 0 Å². The smallest absolute Gasteiger partial charge is 0.306 e. The molecule has 1 amide bonds. The van der Waals surface area contributed by atoms with E-state index in [0.29, 0.717) is 23.2 Å². The van der Waals surface area contributed by atoms with Gasteiger partial charge in [-0.25, -0.2) is 0 Å². The van der Waals surface area contributed by atoms with Gasteiger partial charge in [-0.3, -0.25) is 4.79 Å². The van der Waals surface area contributed by atoms with Crippen LogP contribution in [0.15, 0.2) is 60.7 Å². The molecule has 36 heavy (non-hydrogen) atoms. The maximum atomic E-state index is 12.7. The van der Waals surface area contributed by atoms with Crippen molar-refractivity contribution in [2.75, 3.05) is 13.4 Å². The second-order valence-corrected chi connectivity index (χ2v) is 10.0. The van der Waals surface area contributed by atoms with Gasteiger partial charge in [-0.2, -0.15) is 8.42 Å². The number of carbonyl (C=O) groups excluding carboxylic acids is 1. The van der Waals surface area contributed by atoms with Crippen LogP contribution in [0.3, 0.4) is 0 Å². The Bertz CT molecular complexity index is 1530. The molecular weight excluding hydrogens is 502 g/mol. The highest BCUT2D eigenvalue weighted by Gasteiger charge is 2.31. The van der Waals surface area contributed by atoms with E-state index in [2.05, 4.69) is 39.9 Å². The van der Waals surface area contributed by atoms with Crippen molar-refractivity contribution in [3.8, 4) is 22.8 Å². The summed E-state index contributed by atoms with van der Waals surface area (Å²) in [4.78, 5) is 16.1. The van der Waals surface area contributed by atoms with E-state index < -0.39 is 10.1 Å². The van der Waals surface area contributed by atoms with Gasteiger partial charge in [0.1, 0.15) is 0 Å². The number of aromatic amines is 1. The zero-order valence-electron chi connectivity index (χ0n) is 19.8. The second-order valence-electron chi connectivity index (χ2n) is 8.47. The number of aromatic nitrogens is 1. The Labute approximate surface area is 215 Å². The number of ether oxygens (including phenoxy) is 1. The molecule has 0 atom stereocenters. The van der Waals surface area contributed by atoms with Crippen molar-refractivity contribution in [1.29, 1.82) is 0 Å². The van der Waals surface area contributed by atoms with Crippen molar-refractivity contribution in [2.45, 2.75) is 19.6 Å². The van der Waals surface area contributed by atoms with E-state index >= 15 is 0 Å². The third kappa shape index (κ3) is 5.18. The summed E-state index contributed by atoms with van der Waals surface area (Å²) in [5.41, 5.74) is 5.47. The number of nitrogens with one attached hydrogen (secondary N) is 3. The molecule has 0 radical (unpaired) electrons. The molecule has 4 aromatic rings. The van der Waals surface area contributed by atoms with Crippen LogP contribution in [0.1, 0.15) is 27.0 Å². The molecule has 10 heteroatoms. The second kappa shape index (κ2) is 10.2. The van der Waals surface area contributed by atoms with E-state index in [1.54, 1.807) is 6.07 Å². The summed E-state index contributed by atoms with van der Waals surface area (Å²) in [6.07, 6.45) is 0.959. The summed E-state index contributed by atoms with van der Waals surface area (Å²) in [6.45, 7) is 1.65. The summed E-state index contributed by atoms with van der Waals surface area (Å²) >= 11 is 0. The topological polar surface area (TPSA) is 110 Å². The Hall–Kier alpha value is -3.53. The molecule has 0 aliphatic carbocycles. The first kappa shape index (κ1) is 25.6. The minimum Gasteiger partial charge on any atom is -0.493 e. The fourth-order valence-corrected chi connectivity index (χ4v) is 4.86. The Kier molecular flexibility index (Phi) is 7.26. The molecule has 188 valence electrons. The molecule has 1 aliphatic heterocycles. The van der Waals surface area contributed by atoms with Crippen molar-refractivity contribution in [2.24, 2.45) is 0 Å². The number of fused-ring (bicyclic) bond motifs is 2. The van der Waals surface area contributed by atoms with Crippen LogP contribution >= 0.6 is 12.4 Å². The number of hydrogen-bond donors (Lipinski definition) is 3. The number of methoxy groups -OCH3 is 1. The molecule has 0 spiro atoms. The number of carbonyl (C=O) groups is 1. The number of benzene rings is 3. The largest absolute Gasteiger partial charge is 0.493 e. The molecule has 2 heterocycles. The molecule has 0 saturated carbocycles. The minimum atomic E-state index is -3.81. The highest BCUT2D eigenvalue weighted by molar-refractivity contribution is 7.86. The van der Waals surface area contributed by atoms with Crippen LogP contribution in [0.25, 0.3) is 22.2 Å². The fraction of sp³-hybridized carbons (Fsp3) is 0.192. The van der Waals surface area contributed by atoms with E-state index in [1.807, 2.05) is 30.3 Å². The Balaban J connectivity index is 0.00000304. The standard InChI is InChI=1S/C26H25N3O5S.ClH/c1-33-23-12-19(24-20(15-28-26(24)30)25(23)34-35(2,31)32)22-11-18-10-17(8-9-21(18)29-22)14-27-13-16-6-4-3-5-7-16;/h3-12,27,29H,13-15H2,1-2H3,(H,28,30);1H. The molecule has 3 N–H and O–H groups in total. The van der Waals surface area contributed by atoms with Crippen LogP contribution < -0.4 is 19.6 Å². The summed E-state index contributed by atoms with van der Waals surface area (Å²) in [5, 5.41) is 7.22. The van der Waals surface area contributed by atoms with Crippen molar-refractivity contribution in [3.63, 3.8) is 0 Å². The molecule has 8 nitrogen and oxygen atoms in total. The van der Waals surface area contributed by atoms with Gasteiger partial charge in [-0.05, 0) is 35.4 Å². The molecule has 1 aromatic heterocycles. The van der Waals surface area contributed by atoms with Gasteiger partial charge in [0, 0.05) is 47.4 Å². The lowest BCUT2D eigenvalue weighted by atomic mass is 9.98. The number of halogens is 1. The minimum absolute atomic E-state index is 0. The predicted molar refractivity (Wildman–Crippen MR) is 141 cm³/mol. The molecule has 0 fully saturated rings. The van der Waals surface area contributed by atoms with Gasteiger partial charge >= 0.3 is 10.1 Å². The van der Waals surface area contributed by atoms with Gasteiger partial charge in [-0.1, -0.05) is 36.4 Å². The predicted octanol–water partition coefficient (Wildman–Crippen LogP) is 4.14. The van der Waals surface area contributed by atoms with Crippen LogP contribution in [0, 0.1) is 0 Å². The van der Waals surface area contributed by atoms with Gasteiger partial charge in [0.25, 0.3) is 5.91 Å². The fourth-order valence-electron chi connectivity index (χ4n) is 4.37. The lowest BCUT2D eigenvalue weighted by Crippen LogP contribution is -2.13. The zero-order valence-corrected chi connectivity index (χ0v) is 21.4. The summed E-state index contributed by atoms with van der Waals surface area (Å²) in [6, 6.07) is 20.0. The summed E-state index contributed by atoms with van der Waals surface area (Å²) in [5.74, 6) is -0.0134. The third-order valence-corrected chi connectivity index (χ3v) is 6.40. The summed E-state index contributed by atoms with van der Waals surface area (Å²) in [7, 11) is -2.37. The first-order valence-electron chi connectivity index (χ1n) is 11.1. The van der Waals surface area contributed by atoms with Gasteiger partial charge in [0.2, 0.25) is 0 Å². The van der Waals surface area contributed by atoms with E-state index in [1.165, 1.54) is 12.7 Å². The average molecular weight is 528 g/mol. The van der Waals surface area contributed by atoms with E-state index in [9.17, 15) is 13.2 Å². The normalized spacial score (nSPS) is 12.7.